The number of rotatable bonds is 7. The van der Waals surface area contributed by atoms with Gasteiger partial charge in [0.1, 0.15) is 11.9 Å². The molecule has 2 aromatic rings. The molecule has 26 heavy (non-hydrogen) atoms. The van der Waals surface area contributed by atoms with E-state index >= 15 is 0 Å². The minimum atomic E-state index is -0.240. The average Bonchev–Trinajstić information content (AvgIpc) is 3.32. The molecule has 0 unspecified atom stereocenters. The first-order valence-electron chi connectivity index (χ1n) is 9.10. The van der Waals surface area contributed by atoms with Crippen molar-refractivity contribution in [2.75, 3.05) is 26.2 Å². The van der Waals surface area contributed by atoms with Crippen molar-refractivity contribution in [3.05, 3.63) is 54.1 Å². The van der Waals surface area contributed by atoms with E-state index < -0.39 is 0 Å². The largest absolute Gasteiger partial charge is 0.442 e. The number of aryl methyl sites for hydroxylation is 1. The average molecular weight is 358 g/mol. The second-order valence-corrected chi connectivity index (χ2v) is 6.94. The predicted octanol–water partition coefficient (Wildman–Crippen LogP) is 2.16. The molecule has 6 nitrogen and oxygen atoms in total. The molecule has 1 aromatic carbocycles. The van der Waals surface area contributed by atoms with Crippen molar-refractivity contribution in [3.8, 4) is 0 Å². The minimum absolute atomic E-state index is 0.0413. The Morgan fingerprint density at radius 2 is 2.00 bits per heavy atom. The summed E-state index contributed by atoms with van der Waals surface area (Å²) in [6, 6.07) is 8.50. The maximum atomic E-state index is 13.0. The van der Waals surface area contributed by atoms with Crippen molar-refractivity contribution in [1.82, 2.24) is 19.6 Å². The van der Waals surface area contributed by atoms with Gasteiger partial charge in [0, 0.05) is 45.1 Å². The molecule has 4 rings (SSSR count). The van der Waals surface area contributed by atoms with Crippen molar-refractivity contribution in [3.63, 3.8) is 0 Å². The van der Waals surface area contributed by atoms with Crippen LogP contribution < -0.4 is 0 Å². The molecule has 0 saturated carbocycles. The van der Waals surface area contributed by atoms with E-state index in [0.29, 0.717) is 13.0 Å². The van der Waals surface area contributed by atoms with Gasteiger partial charge >= 0.3 is 6.09 Å². The van der Waals surface area contributed by atoms with Gasteiger partial charge in [0.05, 0.1) is 6.04 Å². The molecular formula is C19H23FN4O2. The standard InChI is InChI=1S/C19H23FN4O2/c20-16-5-3-15(4-6-16)7-12-24-17-13-22(14-18(17)26-19(24)25)9-2-11-23-10-1-8-21-23/h1,3-6,8,10,17-18H,2,7,9,11-14H2/t17-,18+/m0/s1. The zero-order valence-corrected chi connectivity index (χ0v) is 14.6. The van der Waals surface area contributed by atoms with Crippen LogP contribution in [-0.2, 0) is 17.7 Å². The molecule has 1 amide bonds. The second-order valence-electron chi connectivity index (χ2n) is 6.94. The summed E-state index contributed by atoms with van der Waals surface area (Å²) < 4.78 is 20.5. The first-order chi connectivity index (χ1) is 12.7. The lowest BCUT2D eigenvalue weighted by Gasteiger charge is -2.22. The third-order valence-electron chi connectivity index (χ3n) is 5.17. The maximum Gasteiger partial charge on any atom is 0.410 e. The molecule has 2 fully saturated rings. The Morgan fingerprint density at radius 1 is 1.15 bits per heavy atom. The summed E-state index contributed by atoms with van der Waals surface area (Å²) in [6.45, 7) is 4.11. The third kappa shape index (κ3) is 3.72. The van der Waals surface area contributed by atoms with Gasteiger partial charge in [0.2, 0.25) is 0 Å². The van der Waals surface area contributed by atoms with Crippen molar-refractivity contribution in [2.24, 2.45) is 0 Å². The quantitative estimate of drug-likeness (QED) is 0.761. The van der Waals surface area contributed by atoms with Crippen molar-refractivity contribution < 1.29 is 13.9 Å². The number of carbonyl (C=O) groups is 1. The van der Waals surface area contributed by atoms with E-state index in [0.717, 1.165) is 38.2 Å². The number of fused-ring (bicyclic) bond motifs is 1. The topological polar surface area (TPSA) is 50.6 Å². The lowest BCUT2D eigenvalue weighted by atomic mass is 10.1. The van der Waals surface area contributed by atoms with Crippen LogP contribution in [0.15, 0.2) is 42.7 Å². The van der Waals surface area contributed by atoms with Crippen LogP contribution in [0.25, 0.3) is 0 Å². The first kappa shape index (κ1) is 17.0. The number of hydrogen-bond donors (Lipinski definition) is 0. The zero-order chi connectivity index (χ0) is 17.9. The van der Waals surface area contributed by atoms with E-state index in [9.17, 15) is 9.18 Å². The van der Waals surface area contributed by atoms with Crippen LogP contribution in [0.5, 0.6) is 0 Å². The van der Waals surface area contributed by atoms with Crippen molar-refractivity contribution >= 4 is 6.09 Å². The molecule has 0 aliphatic carbocycles. The highest BCUT2D eigenvalue weighted by Gasteiger charge is 2.46. The van der Waals surface area contributed by atoms with Gasteiger partial charge in [-0.05, 0) is 36.6 Å². The minimum Gasteiger partial charge on any atom is -0.442 e. The fraction of sp³-hybridized carbons (Fsp3) is 0.474. The number of halogens is 1. The van der Waals surface area contributed by atoms with Gasteiger partial charge in [-0.2, -0.15) is 5.10 Å². The maximum absolute atomic E-state index is 13.0. The van der Waals surface area contributed by atoms with Crippen molar-refractivity contribution in [2.45, 2.75) is 31.5 Å². The SMILES string of the molecule is O=C1O[C@@H]2CN(CCCn3cccn3)C[C@@H]2N1CCc1ccc(F)cc1. The van der Waals surface area contributed by atoms with E-state index in [1.165, 1.54) is 12.1 Å². The van der Waals surface area contributed by atoms with Gasteiger partial charge in [-0.25, -0.2) is 9.18 Å². The Bertz CT molecular complexity index is 735. The smallest absolute Gasteiger partial charge is 0.410 e. The molecule has 2 saturated heterocycles. The number of amides is 1. The number of hydrogen-bond acceptors (Lipinski definition) is 4. The van der Waals surface area contributed by atoms with E-state index in [4.69, 9.17) is 4.74 Å². The number of benzene rings is 1. The molecule has 3 heterocycles. The Kier molecular flexibility index (Phi) is 4.88. The molecule has 2 aliphatic heterocycles. The third-order valence-corrected chi connectivity index (χ3v) is 5.17. The Morgan fingerprint density at radius 3 is 2.77 bits per heavy atom. The van der Waals surface area contributed by atoms with Gasteiger partial charge < -0.3 is 4.74 Å². The molecule has 0 radical (unpaired) electrons. The lowest BCUT2D eigenvalue weighted by molar-refractivity contribution is 0.121. The Labute approximate surface area is 152 Å². The van der Waals surface area contributed by atoms with E-state index in [1.807, 2.05) is 21.8 Å². The number of aromatic nitrogens is 2. The summed E-state index contributed by atoms with van der Waals surface area (Å²) in [5.41, 5.74) is 1.02. The fourth-order valence-corrected chi connectivity index (χ4v) is 3.81. The van der Waals surface area contributed by atoms with Crippen LogP contribution in [0.1, 0.15) is 12.0 Å². The van der Waals surface area contributed by atoms with Crippen molar-refractivity contribution in [1.29, 1.82) is 0 Å². The summed E-state index contributed by atoms with van der Waals surface area (Å²) in [7, 11) is 0. The van der Waals surface area contributed by atoms with Crippen LogP contribution in [0.2, 0.25) is 0 Å². The molecule has 138 valence electrons. The van der Waals surface area contributed by atoms with E-state index in [1.54, 1.807) is 18.3 Å². The number of likely N-dealkylation sites (tertiary alicyclic amines) is 1. The molecule has 2 atom stereocenters. The molecule has 0 bridgehead atoms. The van der Waals surface area contributed by atoms with Crippen LogP contribution >= 0.6 is 0 Å². The highest BCUT2D eigenvalue weighted by Crippen LogP contribution is 2.27. The van der Waals surface area contributed by atoms with Gasteiger partial charge in [0.25, 0.3) is 0 Å². The lowest BCUT2D eigenvalue weighted by Crippen LogP contribution is -2.39. The first-order valence-corrected chi connectivity index (χ1v) is 9.10. The summed E-state index contributed by atoms with van der Waals surface area (Å²) in [5.74, 6) is -0.240. The van der Waals surface area contributed by atoms with Crippen LogP contribution in [0, 0.1) is 5.82 Å². The van der Waals surface area contributed by atoms with Crippen LogP contribution in [0.3, 0.4) is 0 Å². The van der Waals surface area contributed by atoms with E-state index in [2.05, 4.69) is 10.00 Å². The molecule has 0 spiro atoms. The predicted molar refractivity (Wildman–Crippen MR) is 94.2 cm³/mol. The van der Waals surface area contributed by atoms with Gasteiger partial charge in [-0.15, -0.1) is 0 Å². The monoisotopic (exact) mass is 358 g/mol. The summed E-state index contributed by atoms with van der Waals surface area (Å²) in [5, 5.41) is 4.22. The summed E-state index contributed by atoms with van der Waals surface area (Å²) in [4.78, 5) is 16.3. The van der Waals surface area contributed by atoms with Gasteiger partial charge in [-0.1, -0.05) is 12.1 Å². The Hall–Kier alpha value is -2.41. The fourth-order valence-electron chi connectivity index (χ4n) is 3.81. The second kappa shape index (κ2) is 7.45. The van der Waals surface area contributed by atoms with Gasteiger partial charge in [-0.3, -0.25) is 14.5 Å². The number of ether oxygens (including phenoxy) is 1. The highest BCUT2D eigenvalue weighted by atomic mass is 19.1. The molecule has 0 N–H and O–H groups in total. The summed E-state index contributed by atoms with van der Waals surface area (Å²) in [6.07, 6.45) is 5.22. The van der Waals surface area contributed by atoms with Crippen LogP contribution in [0.4, 0.5) is 9.18 Å². The number of nitrogens with zero attached hydrogens (tertiary/aromatic N) is 4. The molecule has 1 aromatic heterocycles. The molecular weight excluding hydrogens is 335 g/mol. The van der Waals surface area contributed by atoms with Crippen LogP contribution in [-0.4, -0.2) is 64.0 Å². The normalized spacial score (nSPS) is 22.7. The Balaban J connectivity index is 1.27. The molecule has 2 aliphatic rings. The van der Waals surface area contributed by atoms with E-state index in [-0.39, 0.29) is 24.1 Å². The summed E-state index contributed by atoms with van der Waals surface area (Å²) >= 11 is 0. The van der Waals surface area contributed by atoms with Gasteiger partial charge in [0.15, 0.2) is 0 Å². The molecule has 7 heteroatoms. The zero-order valence-electron chi connectivity index (χ0n) is 14.6. The highest BCUT2D eigenvalue weighted by molar-refractivity contribution is 5.71. The number of carbonyl (C=O) groups excluding carboxylic acids is 1.